The largest absolute Gasteiger partial charge is 0.378 e. The van der Waals surface area contributed by atoms with Crippen LogP contribution in [0.2, 0.25) is 0 Å². The summed E-state index contributed by atoms with van der Waals surface area (Å²) in [6.07, 6.45) is 3.83. The topological polar surface area (TPSA) is 57.4 Å². The number of fused-ring (bicyclic) bond motifs is 1. The molecule has 2 aromatic rings. The van der Waals surface area contributed by atoms with Gasteiger partial charge in [-0.05, 0) is 36.8 Å². The van der Waals surface area contributed by atoms with E-state index < -0.39 is 0 Å². The molecule has 1 aromatic carbocycles. The number of aromatic amines is 1. The van der Waals surface area contributed by atoms with Crippen LogP contribution >= 0.6 is 0 Å². The van der Waals surface area contributed by atoms with Gasteiger partial charge < -0.3 is 19.9 Å². The predicted molar refractivity (Wildman–Crippen MR) is 93.8 cm³/mol. The van der Waals surface area contributed by atoms with E-state index in [1.54, 1.807) is 0 Å². The highest BCUT2D eigenvalue weighted by Crippen LogP contribution is 2.32. The molecular weight excluding hydrogens is 302 g/mol. The molecule has 0 spiro atoms. The number of nitrogens with zero attached hydrogens (tertiary/aromatic N) is 1. The number of benzene rings is 1. The van der Waals surface area contributed by atoms with E-state index in [1.165, 1.54) is 11.8 Å². The Morgan fingerprint density at radius 2 is 2.21 bits per heavy atom. The third kappa shape index (κ3) is 3.19. The summed E-state index contributed by atoms with van der Waals surface area (Å²) in [5.41, 5.74) is 2.31. The summed E-state index contributed by atoms with van der Waals surface area (Å²) in [7, 11) is 0. The first-order chi connectivity index (χ1) is 11.8. The third-order valence-electron chi connectivity index (χ3n) is 5.15. The Bertz CT molecular complexity index is 672. The van der Waals surface area contributed by atoms with E-state index in [2.05, 4.69) is 39.5 Å². The Hall–Kier alpha value is -1.85. The van der Waals surface area contributed by atoms with Crippen LogP contribution in [0.5, 0.6) is 0 Å². The average molecular weight is 327 g/mol. The number of aromatic nitrogens is 1. The molecule has 0 saturated carbocycles. The molecule has 2 aliphatic heterocycles. The zero-order valence-corrected chi connectivity index (χ0v) is 14.0. The molecular formula is C19H25N3O2. The van der Waals surface area contributed by atoms with Crippen LogP contribution in [0.25, 0.3) is 10.9 Å². The molecule has 4 rings (SSSR count). The molecule has 128 valence electrons. The smallest absolute Gasteiger partial charge is 0.224 e. The summed E-state index contributed by atoms with van der Waals surface area (Å²) >= 11 is 0. The minimum Gasteiger partial charge on any atom is -0.378 e. The van der Waals surface area contributed by atoms with Gasteiger partial charge in [-0.25, -0.2) is 0 Å². The number of hydrogen-bond acceptors (Lipinski definition) is 3. The minimum absolute atomic E-state index is 0.150. The summed E-state index contributed by atoms with van der Waals surface area (Å²) in [5.74, 6) is 0.237. The van der Waals surface area contributed by atoms with E-state index in [9.17, 15) is 4.79 Å². The van der Waals surface area contributed by atoms with Crippen molar-refractivity contribution in [3.8, 4) is 0 Å². The van der Waals surface area contributed by atoms with Crippen LogP contribution < -0.4 is 5.32 Å². The Labute approximate surface area is 142 Å². The van der Waals surface area contributed by atoms with Crippen molar-refractivity contribution in [3.63, 3.8) is 0 Å². The molecule has 5 heteroatoms. The van der Waals surface area contributed by atoms with Gasteiger partial charge in [0.05, 0.1) is 19.3 Å². The monoisotopic (exact) mass is 327 g/mol. The van der Waals surface area contributed by atoms with Crippen molar-refractivity contribution >= 4 is 16.8 Å². The minimum atomic E-state index is 0.150. The fourth-order valence-corrected chi connectivity index (χ4v) is 3.91. The quantitative estimate of drug-likeness (QED) is 0.911. The van der Waals surface area contributed by atoms with Crippen LogP contribution in [0, 0.1) is 0 Å². The van der Waals surface area contributed by atoms with Crippen LogP contribution in [-0.4, -0.2) is 48.1 Å². The molecule has 1 amide bonds. The highest BCUT2D eigenvalue weighted by Gasteiger charge is 2.30. The number of ether oxygens (including phenoxy) is 1. The summed E-state index contributed by atoms with van der Waals surface area (Å²) < 4.78 is 5.48. The van der Waals surface area contributed by atoms with Crippen molar-refractivity contribution in [1.29, 1.82) is 0 Å². The van der Waals surface area contributed by atoms with Crippen molar-refractivity contribution in [2.75, 3.05) is 26.3 Å². The average Bonchev–Trinajstić information content (AvgIpc) is 3.06. The number of carbonyl (C=O) groups is 1. The van der Waals surface area contributed by atoms with Gasteiger partial charge in [0.25, 0.3) is 0 Å². The molecule has 2 N–H and O–H groups in total. The second-order valence-corrected chi connectivity index (χ2v) is 6.84. The number of likely N-dealkylation sites (tertiary alicyclic amines) is 1. The van der Waals surface area contributed by atoms with Gasteiger partial charge in [0, 0.05) is 36.8 Å². The molecule has 24 heavy (non-hydrogen) atoms. The SMILES string of the molecule is O=C(CC1COCCN1)N1CCCCC1c1cc2ccccc2[nH]1. The van der Waals surface area contributed by atoms with Gasteiger partial charge in [0.2, 0.25) is 5.91 Å². The fourth-order valence-electron chi connectivity index (χ4n) is 3.91. The van der Waals surface area contributed by atoms with Crippen LogP contribution in [0.4, 0.5) is 0 Å². The van der Waals surface area contributed by atoms with Crippen molar-refractivity contribution in [2.45, 2.75) is 37.8 Å². The lowest BCUT2D eigenvalue weighted by Crippen LogP contribution is -2.46. The van der Waals surface area contributed by atoms with E-state index in [-0.39, 0.29) is 18.0 Å². The standard InChI is InChI=1S/C19H25N3O2/c23-19(12-15-13-24-10-8-20-15)22-9-4-3-7-18(22)17-11-14-5-1-2-6-16(14)21-17/h1-2,5-6,11,15,18,20-21H,3-4,7-10,12-13H2. The van der Waals surface area contributed by atoms with Gasteiger partial charge in [-0.15, -0.1) is 0 Å². The summed E-state index contributed by atoms with van der Waals surface area (Å²) in [4.78, 5) is 18.5. The zero-order chi connectivity index (χ0) is 16.4. The van der Waals surface area contributed by atoms with E-state index in [0.717, 1.165) is 43.7 Å². The van der Waals surface area contributed by atoms with E-state index in [4.69, 9.17) is 4.74 Å². The number of para-hydroxylation sites is 1. The fraction of sp³-hybridized carbons (Fsp3) is 0.526. The Balaban J connectivity index is 1.52. The number of piperidine rings is 1. The maximum Gasteiger partial charge on any atom is 0.224 e. The van der Waals surface area contributed by atoms with E-state index in [1.807, 2.05) is 6.07 Å². The highest BCUT2D eigenvalue weighted by molar-refractivity contribution is 5.81. The molecule has 5 nitrogen and oxygen atoms in total. The number of hydrogen-bond donors (Lipinski definition) is 2. The van der Waals surface area contributed by atoms with E-state index in [0.29, 0.717) is 13.0 Å². The third-order valence-corrected chi connectivity index (χ3v) is 5.15. The molecule has 2 saturated heterocycles. The predicted octanol–water partition coefficient (Wildman–Crippen LogP) is 2.60. The second kappa shape index (κ2) is 6.95. The van der Waals surface area contributed by atoms with E-state index >= 15 is 0 Å². The molecule has 3 heterocycles. The normalized spacial score (nSPS) is 25.1. The maximum atomic E-state index is 12.9. The molecule has 2 aliphatic rings. The van der Waals surface area contributed by atoms with Gasteiger partial charge in [0.1, 0.15) is 0 Å². The van der Waals surface area contributed by atoms with Gasteiger partial charge in [-0.3, -0.25) is 4.79 Å². The Kier molecular flexibility index (Phi) is 4.54. The molecule has 0 radical (unpaired) electrons. The van der Waals surface area contributed by atoms with Gasteiger partial charge in [0.15, 0.2) is 0 Å². The first kappa shape index (κ1) is 15.7. The summed E-state index contributed by atoms with van der Waals surface area (Å²) in [5, 5.41) is 4.60. The number of H-pyrrole nitrogens is 1. The number of amides is 1. The van der Waals surface area contributed by atoms with Crippen molar-refractivity contribution in [2.24, 2.45) is 0 Å². The Morgan fingerprint density at radius 3 is 3.04 bits per heavy atom. The van der Waals surface area contributed by atoms with Crippen LogP contribution in [0.3, 0.4) is 0 Å². The van der Waals surface area contributed by atoms with Crippen LogP contribution in [-0.2, 0) is 9.53 Å². The van der Waals surface area contributed by atoms with Gasteiger partial charge in [-0.1, -0.05) is 18.2 Å². The van der Waals surface area contributed by atoms with Crippen LogP contribution in [0.15, 0.2) is 30.3 Å². The molecule has 1 aromatic heterocycles. The number of carbonyl (C=O) groups excluding carboxylic acids is 1. The lowest BCUT2D eigenvalue weighted by atomic mass is 9.98. The molecule has 2 unspecified atom stereocenters. The zero-order valence-electron chi connectivity index (χ0n) is 14.0. The maximum absolute atomic E-state index is 12.9. The highest BCUT2D eigenvalue weighted by atomic mass is 16.5. The molecule has 0 aliphatic carbocycles. The van der Waals surface area contributed by atoms with Crippen molar-refractivity contribution in [3.05, 3.63) is 36.0 Å². The van der Waals surface area contributed by atoms with Gasteiger partial charge >= 0.3 is 0 Å². The van der Waals surface area contributed by atoms with Gasteiger partial charge in [-0.2, -0.15) is 0 Å². The summed E-state index contributed by atoms with van der Waals surface area (Å²) in [6.45, 7) is 3.07. The molecule has 0 bridgehead atoms. The van der Waals surface area contributed by atoms with Crippen molar-refractivity contribution < 1.29 is 9.53 Å². The first-order valence-electron chi connectivity index (χ1n) is 8.99. The number of rotatable bonds is 3. The number of morpholine rings is 1. The number of nitrogens with one attached hydrogen (secondary N) is 2. The first-order valence-corrected chi connectivity index (χ1v) is 8.99. The lowest BCUT2D eigenvalue weighted by Gasteiger charge is -2.36. The molecule has 2 fully saturated rings. The van der Waals surface area contributed by atoms with Crippen LogP contribution in [0.1, 0.15) is 37.4 Å². The van der Waals surface area contributed by atoms with Crippen molar-refractivity contribution in [1.82, 2.24) is 15.2 Å². The molecule has 2 atom stereocenters. The second-order valence-electron chi connectivity index (χ2n) is 6.84. The summed E-state index contributed by atoms with van der Waals surface area (Å²) in [6, 6.07) is 10.8. The lowest BCUT2D eigenvalue weighted by molar-refractivity contribution is -0.136. The Morgan fingerprint density at radius 1 is 1.29 bits per heavy atom.